The minimum absolute atomic E-state index is 0. The number of carbonyl (C=O) groups excluding carboxylic acids is 1. The van der Waals surface area contributed by atoms with Crippen molar-refractivity contribution in [2.75, 3.05) is 26.8 Å². The number of fused-ring (bicyclic) bond motifs is 1. The highest BCUT2D eigenvalue weighted by Crippen LogP contribution is 2.44. The minimum Gasteiger partial charge on any atom is -0.493 e. The molecule has 0 radical (unpaired) electrons. The van der Waals surface area contributed by atoms with Crippen LogP contribution in [0.25, 0.3) is 0 Å². The standard InChI is InChI=1S/C20H30N2O3.ClH/c1-4-25-17-9-8-15(11-18(17)24-3)14(2)22-19(23)20-10-6-5-7-16(20)12-21-13-20;/h8-9,11,14,16,21H,4-7,10,12-13H2,1-3H3,(H,22,23);1H/t14?,16-,20+;/m0./s1. The summed E-state index contributed by atoms with van der Waals surface area (Å²) in [6.45, 7) is 6.36. The van der Waals surface area contributed by atoms with E-state index < -0.39 is 0 Å². The summed E-state index contributed by atoms with van der Waals surface area (Å²) in [5, 5.41) is 6.70. The van der Waals surface area contributed by atoms with Gasteiger partial charge in [0.15, 0.2) is 11.5 Å². The van der Waals surface area contributed by atoms with E-state index in [1.165, 1.54) is 6.42 Å². The lowest BCUT2D eigenvalue weighted by atomic mass is 9.67. The number of halogens is 1. The van der Waals surface area contributed by atoms with Gasteiger partial charge in [-0.1, -0.05) is 18.9 Å². The maximum atomic E-state index is 13.1. The molecular formula is C20H31ClN2O3. The van der Waals surface area contributed by atoms with Crippen molar-refractivity contribution in [2.24, 2.45) is 11.3 Å². The number of nitrogens with one attached hydrogen (secondary N) is 2. The Balaban J connectivity index is 0.00000243. The summed E-state index contributed by atoms with van der Waals surface area (Å²) >= 11 is 0. The van der Waals surface area contributed by atoms with Crippen LogP contribution in [0.5, 0.6) is 11.5 Å². The average molecular weight is 383 g/mol. The van der Waals surface area contributed by atoms with E-state index in [2.05, 4.69) is 10.6 Å². The van der Waals surface area contributed by atoms with Crippen LogP contribution < -0.4 is 20.1 Å². The molecular weight excluding hydrogens is 352 g/mol. The van der Waals surface area contributed by atoms with E-state index in [-0.39, 0.29) is 29.8 Å². The second-order valence-corrected chi connectivity index (χ2v) is 7.27. The number of amides is 1. The number of benzene rings is 1. The Kier molecular flexibility index (Phi) is 7.18. The van der Waals surface area contributed by atoms with E-state index in [1.54, 1.807) is 7.11 Å². The molecule has 0 aromatic heterocycles. The maximum absolute atomic E-state index is 13.1. The van der Waals surface area contributed by atoms with Crippen LogP contribution in [0, 0.1) is 11.3 Å². The Labute approximate surface area is 162 Å². The summed E-state index contributed by atoms with van der Waals surface area (Å²) in [6, 6.07) is 5.81. The van der Waals surface area contributed by atoms with Crippen LogP contribution in [0.4, 0.5) is 0 Å². The van der Waals surface area contributed by atoms with Crippen molar-refractivity contribution in [3.8, 4) is 11.5 Å². The molecule has 1 amide bonds. The molecule has 1 saturated heterocycles. The summed E-state index contributed by atoms with van der Waals surface area (Å²) in [5.41, 5.74) is 0.811. The molecule has 0 bridgehead atoms. The first-order valence-electron chi connectivity index (χ1n) is 9.43. The van der Waals surface area contributed by atoms with Gasteiger partial charge in [-0.2, -0.15) is 0 Å². The Hall–Kier alpha value is -1.46. The van der Waals surface area contributed by atoms with Crippen LogP contribution >= 0.6 is 12.4 Å². The first-order valence-corrected chi connectivity index (χ1v) is 9.43. The Morgan fingerprint density at radius 2 is 2.19 bits per heavy atom. The van der Waals surface area contributed by atoms with Gasteiger partial charge in [-0.05, 0) is 56.8 Å². The fourth-order valence-electron chi connectivity index (χ4n) is 4.34. The first kappa shape index (κ1) is 20.8. The van der Waals surface area contributed by atoms with Crippen molar-refractivity contribution in [1.29, 1.82) is 0 Å². The largest absolute Gasteiger partial charge is 0.493 e. The van der Waals surface area contributed by atoms with Crippen molar-refractivity contribution in [3.63, 3.8) is 0 Å². The molecule has 2 fully saturated rings. The van der Waals surface area contributed by atoms with Gasteiger partial charge in [0.25, 0.3) is 0 Å². The smallest absolute Gasteiger partial charge is 0.228 e. The van der Waals surface area contributed by atoms with Gasteiger partial charge in [0.2, 0.25) is 5.91 Å². The third-order valence-corrected chi connectivity index (χ3v) is 5.83. The maximum Gasteiger partial charge on any atom is 0.228 e. The zero-order valence-corrected chi connectivity index (χ0v) is 16.8. The number of ether oxygens (including phenoxy) is 2. The summed E-state index contributed by atoms with van der Waals surface area (Å²) in [6.07, 6.45) is 4.55. The zero-order valence-electron chi connectivity index (χ0n) is 16.0. The molecule has 1 unspecified atom stereocenters. The van der Waals surface area contributed by atoms with Gasteiger partial charge < -0.3 is 20.1 Å². The van der Waals surface area contributed by atoms with E-state index in [0.717, 1.165) is 43.7 Å². The van der Waals surface area contributed by atoms with Crippen molar-refractivity contribution >= 4 is 18.3 Å². The molecule has 26 heavy (non-hydrogen) atoms. The van der Waals surface area contributed by atoms with Crippen molar-refractivity contribution < 1.29 is 14.3 Å². The van der Waals surface area contributed by atoms with E-state index in [9.17, 15) is 4.79 Å². The molecule has 1 aromatic rings. The fraction of sp³-hybridized carbons (Fsp3) is 0.650. The summed E-state index contributed by atoms with van der Waals surface area (Å²) in [4.78, 5) is 13.1. The predicted octanol–water partition coefficient (Wildman–Crippen LogP) is 3.47. The summed E-state index contributed by atoms with van der Waals surface area (Å²) in [5.74, 6) is 2.11. The van der Waals surface area contributed by atoms with E-state index >= 15 is 0 Å². The molecule has 6 heteroatoms. The normalized spacial score (nSPS) is 25.6. The van der Waals surface area contributed by atoms with E-state index in [1.807, 2.05) is 32.0 Å². The van der Waals surface area contributed by atoms with Gasteiger partial charge in [0.05, 0.1) is 25.2 Å². The monoisotopic (exact) mass is 382 g/mol. The predicted molar refractivity (Wildman–Crippen MR) is 105 cm³/mol. The number of hydrogen-bond acceptors (Lipinski definition) is 4. The third-order valence-electron chi connectivity index (χ3n) is 5.83. The van der Waals surface area contributed by atoms with Crippen LogP contribution in [0.2, 0.25) is 0 Å². The molecule has 1 heterocycles. The van der Waals surface area contributed by atoms with E-state index in [4.69, 9.17) is 9.47 Å². The van der Waals surface area contributed by atoms with E-state index in [0.29, 0.717) is 18.3 Å². The number of hydrogen-bond donors (Lipinski definition) is 2. The van der Waals surface area contributed by atoms with Crippen LogP contribution in [-0.4, -0.2) is 32.7 Å². The number of rotatable bonds is 6. The SMILES string of the molecule is CCOc1ccc(C(C)NC(=O)[C@@]23CCCC[C@H]2CNC3)cc1OC.Cl. The topological polar surface area (TPSA) is 59.6 Å². The number of methoxy groups -OCH3 is 1. The highest BCUT2D eigenvalue weighted by molar-refractivity contribution is 5.85. The molecule has 2 aliphatic rings. The molecule has 3 rings (SSSR count). The van der Waals surface area contributed by atoms with Gasteiger partial charge in [-0.3, -0.25) is 4.79 Å². The molecule has 1 aliphatic heterocycles. The molecule has 1 aliphatic carbocycles. The quantitative estimate of drug-likeness (QED) is 0.790. The molecule has 3 atom stereocenters. The van der Waals surface area contributed by atoms with Crippen LogP contribution in [-0.2, 0) is 4.79 Å². The van der Waals surface area contributed by atoms with Crippen molar-refractivity contribution in [2.45, 2.75) is 45.6 Å². The molecule has 0 spiro atoms. The van der Waals surface area contributed by atoms with Crippen molar-refractivity contribution in [1.82, 2.24) is 10.6 Å². The molecule has 2 N–H and O–H groups in total. The van der Waals surface area contributed by atoms with Gasteiger partial charge >= 0.3 is 0 Å². The molecule has 5 nitrogen and oxygen atoms in total. The first-order chi connectivity index (χ1) is 12.1. The van der Waals surface area contributed by atoms with Gasteiger partial charge in [0, 0.05) is 6.54 Å². The second-order valence-electron chi connectivity index (χ2n) is 7.27. The van der Waals surface area contributed by atoms with Gasteiger partial charge in [0.1, 0.15) is 0 Å². The van der Waals surface area contributed by atoms with Crippen LogP contribution in [0.15, 0.2) is 18.2 Å². The Morgan fingerprint density at radius 1 is 1.38 bits per heavy atom. The zero-order chi connectivity index (χ0) is 17.9. The molecule has 146 valence electrons. The number of carbonyl (C=O) groups is 1. The third kappa shape index (κ3) is 3.94. The van der Waals surface area contributed by atoms with Gasteiger partial charge in [-0.25, -0.2) is 0 Å². The molecule has 1 aromatic carbocycles. The minimum atomic E-state index is -0.220. The fourth-order valence-corrected chi connectivity index (χ4v) is 4.34. The lowest BCUT2D eigenvalue weighted by Gasteiger charge is -2.38. The highest BCUT2D eigenvalue weighted by Gasteiger charge is 2.49. The Bertz CT molecular complexity index is 625. The summed E-state index contributed by atoms with van der Waals surface area (Å²) < 4.78 is 11.0. The lowest BCUT2D eigenvalue weighted by molar-refractivity contribution is -0.134. The average Bonchev–Trinajstić information content (AvgIpc) is 3.07. The molecule has 1 saturated carbocycles. The van der Waals surface area contributed by atoms with Crippen LogP contribution in [0.1, 0.15) is 51.1 Å². The Morgan fingerprint density at radius 3 is 2.92 bits per heavy atom. The highest BCUT2D eigenvalue weighted by atomic mass is 35.5. The van der Waals surface area contributed by atoms with Crippen molar-refractivity contribution in [3.05, 3.63) is 23.8 Å². The van der Waals surface area contributed by atoms with Crippen LogP contribution in [0.3, 0.4) is 0 Å². The second kappa shape index (κ2) is 8.96. The summed E-state index contributed by atoms with van der Waals surface area (Å²) in [7, 11) is 1.64. The lowest BCUT2D eigenvalue weighted by Crippen LogP contribution is -2.48. The van der Waals surface area contributed by atoms with Gasteiger partial charge in [-0.15, -0.1) is 12.4 Å².